The number of piperidine rings is 1. The van der Waals surface area contributed by atoms with Gasteiger partial charge in [0, 0.05) is 20.0 Å². The largest absolute Gasteiger partial charge is 0.348 e. The Hall–Kier alpha value is -0.900. The second-order valence-electron chi connectivity index (χ2n) is 5.25. The molecule has 0 N–H and O–H groups in total. The van der Waals surface area contributed by atoms with E-state index < -0.39 is 0 Å². The molecule has 1 aromatic rings. The number of rotatable bonds is 4. The number of thiazole rings is 1. The molecule has 0 spiro atoms. The Morgan fingerprint density at radius 2 is 2.11 bits per heavy atom. The summed E-state index contributed by atoms with van der Waals surface area (Å²) in [5, 5.41) is 1.05. The standard InChI is InChI=1S/C14H22N2OS/c1-4-5-12-13(11(3)17)18-14(15-12)16-8-6-10(2)7-9-16/h10H,4-9H2,1-3H3. The predicted molar refractivity (Wildman–Crippen MR) is 76.7 cm³/mol. The van der Waals surface area contributed by atoms with Gasteiger partial charge in [-0.1, -0.05) is 31.6 Å². The third-order valence-corrected chi connectivity index (χ3v) is 4.81. The first-order chi connectivity index (χ1) is 8.61. The van der Waals surface area contributed by atoms with Gasteiger partial charge in [0.2, 0.25) is 0 Å². The summed E-state index contributed by atoms with van der Waals surface area (Å²) in [6.45, 7) is 8.25. The average Bonchev–Trinajstić information content (AvgIpc) is 2.75. The van der Waals surface area contributed by atoms with Gasteiger partial charge in [-0.25, -0.2) is 4.98 Å². The lowest BCUT2D eigenvalue weighted by atomic mass is 10.00. The fourth-order valence-corrected chi connectivity index (χ4v) is 3.42. The van der Waals surface area contributed by atoms with Crippen molar-refractivity contribution in [2.75, 3.05) is 18.0 Å². The number of ketones is 1. The van der Waals surface area contributed by atoms with E-state index in [1.807, 2.05) is 0 Å². The van der Waals surface area contributed by atoms with E-state index in [4.69, 9.17) is 4.98 Å². The number of nitrogens with zero attached hydrogens (tertiary/aromatic N) is 2. The van der Waals surface area contributed by atoms with Crippen LogP contribution in [0.2, 0.25) is 0 Å². The van der Waals surface area contributed by atoms with Crippen molar-refractivity contribution in [3.05, 3.63) is 10.6 Å². The summed E-state index contributed by atoms with van der Waals surface area (Å²) in [5.74, 6) is 0.983. The molecule has 1 aliphatic heterocycles. The molecule has 2 heterocycles. The molecule has 0 saturated carbocycles. The lowest BCUT2D eigenvalue weighted by molar-refractivity contribution is 0.102. The molecule has 1 fully saturated rings. The SMILES string of the molecule is CCCc1nc(N2CCC(C)CC2)sc1C(C)=O. The molecule has 1 aliphatic rings. The van der Waals surface area contributed by atoms with Crippen LogP contribution in [0.25, 0.3) is 0 Å². The number of anilines is 1. The number of aryl methyl sites for hydroxylation is 1. The molecule has 1 saturated heterocycles. The van der Waals surface area contributed by atoms with Gasteiger partial charge in [-0.3, -0.25) is 4.79 Å². The highest BCUT2D eigenvalue weighted by Crippen LogP contribution is 2.30. The minimum Gasteiger partial charge on any atom is -0.348 e. The third-order valence-electron chi connectivity index (χ3n) is 3.55. The van der Waals surface area contributed by atoms with E-state index in [1.165, 1.54) is 12.8 Å². The molecule has 0 aliphatic carbocycles. The van der Waals surface area contributed by atoms with Crippen molar-refractivity contribution < 1.29 is 4.79 Å². The van der Waals surface area contributed by atoms with Gasteiger partial charge in [-0.2, -0.15) is 0 Å². The van der Waals surface area contributed by atoms with Crippen molar-refractivity contribution in [2.45, 2.75) is 46.5 Å². The topological polar surface area (TPSA) is 33.2 Å². The van der Waals surface area contributed by atoms with Gasteiger partial charge < -0.3 is 4.90 Å². The van der Waals surface area contributed by atoms with E-state index in [-0.39, 0.29) is 5.78 Å². The maximum atomic E-state index is 11.6. The zero-order chi connectivity index (χ0) is 13.1. The van der Waals surface area contributed by atoms with E-state index in [2.05, 4.69) is 18.7 Å². The number of carbonyl (C=O) groups is 1. The summed E-state index contributed by atoms with van der Waals surface area (Å²) >= 11 is 1.58. The van der Waals surface area contributed by atoms with E-state index >= 15 is 0 Å². The van der Waals surface area contributed by atoms with Crippen LogP contribution < -0.4 is 4.90 Å². The summed E-state index contributed by atoms with van der Waals surface area (Å²) in [6.07, 6.45) is 4.42. The first-order valence-electron chi connectivity index (χ1n) is 6.87. The molecule has 0 radical (unpaired) electrons. The monoisotopic (exact) mass is 266 g/mol. The highest BCUT2D eigenvalue weighted by atomic mass is 32.1. The fraction of sp³-hybridized carbons (Fsp3) is 0.714. The maximum Gasteiger partial charge on any atom is 0.186 e. The van der Waals surface area contributed by atoms with Crippen LogP contribution in [-0.2, 0) is 6.42 Å². The molecule has 0 amide bonds. The summed E-state index contributed by atoms with van der Waals surface area (Å²) in [6, 6.07) is 0. The zero-order valence-electron chi connectivity index (χ0n) is 11.5. The molecule has 0 bridgehead atoms. The molecule has 0 aromatic carbocycles. The highest BCUT2D eigenvalue weighted by molar-refractivity contribution is 7.17. The Bertz CT molecular complexity index is 419. The van der Waals surface area contributed by atoms with Gasteiger partial charge in [-0.05, 0) is 25.2 Å². The minimum absolute atomic E-state index is 0.160. The molecule has 0 unspecified atom stereocenters. The number of hydrogen-bond acceptors (Lipinski definition) is 4. The molecule has 1 aromatic heterocycles. The van der Waals surface area contributed by atoms with Crippen molar-refractivity contribution >= 4 is 22.3 Å². The van der Waals surface area contributed by atoms with Gasteiger partial charge in [0.15, 0.2) is 10.9 Å². The predicted octanol–water partition coefficient (Wildman–Crippen LogP) is 3.53. The Morgan fingerprint density at radius 3 is 2.67 bits per heavy atom. The van der Waals surface area contributed by atoms with Crippen LogP contribution in [0.3, 0.4) is 0 Å². The van der Waals surface area contributed by atoms with E-state index in [0.717, 1.165) is 47.6 Å². The van der Waals surface area contributed by atoms with Gasteiger partial charge >= 0.3 is 0 Å². The Labute approximate surface area is 113 Å². The van der Waals surface area contributed by atoms with Crippen LogP contribution in [-0.4, -0.2) is 23.9 Å². The molecule has 0 atom stereocenters. The Balaban J connectivity index is 2.18. The van der Waals surface area contributed by atoms with Gasteiger partial charge in [-0.15, -0.1) is 0 Å². The first-order valence-corrected chi connectivity index (χ1v) is 7.69. The van der Waals surface area contributed by atoms with Crippen molar-refractivity contribution in [1.82, 2.24) is 4.98 Å². The van der Waals surface area contributed by atoms with Crippen LogP contribution in [0.4, 0.5) is 5.13 Å². The third kappa shape index (κ3) is 2.91. The zero-order valence-corrected chi connectivity index (χ0v) is 12.3. The molecule has 4 heteroatoms. The van der Waals surface area contributed by atoms with Crippen LogP contribution in [0.15, 0.2) is 0 Å². The molecule has 2 rings (SSSR count). The fourth-order valence-electron chi connectivity index (χ4n) is 2.36. The Morgan fingerprint density at radius 1 is 1.44 bits per heavy atom. The number of carbonyl (C=O) groups excluding carboxylic acids is 1. The van der Waals surface area contributed by atoms with Crippen molar-refractivity contribution in [3.63, 3.8) is 0 Å². The average molecular weight is 266 g/mol. The van der Waals surface area contributed by atoms with Crippen LogP contribution in [0.5, 0.6) is 0 Å². The van der Waals surface area contributed by atoms with E-state index in [0.29, 0.717) is 0 Å². The number of aromatic nitrogens is 1. The minimum atomic E-state index is 0.160. The van der Waals surface area contributed by atoms with E-state index in [9.17, 15) is 4.79 Å². The van der Waals surface area contributed by atoms with Crippen molar-refractivity contribution in [1.29, 1.82) is 0 Å². The normalized spacial score (nSPS) is 17.2. The van der Waals surface area contributed by atoms with Crippen LogP contribution in [0, 0.1) is 5.92 Å². The molecule has 3 nitrogen and oxygen atoms in total. The molecule has 100 valence electrons. The lowest BCUT2D eigenvalue weighted by Gasteiger charge is -2.29. The van der Waals surface area contributed by atoms with Crippen LogP contribution >= 0.6 is 11.3 Å². The summed E-state index contributed by atoms with van der Waals surface area (Å²) in [7, 11) is 0. The van der Waals surface area contributed by atoms with Crippen molar-refractivity contribution in [3.8, 4) is 0 Å². The maximum absolute atomic E-state index is 11.6. The van der Waals surface area contributed by atoms with Crippen LogP contribution in [0.1, 0.15) is 55.4 Å². The first kappa shape index (κ1) is 13.5. The Kier molecular flexibility index (Phi) is 4.38. The second-order valence-corrected chi connectivity index (χ2v) is 6.23. The quantitative estimate of drug-likeness (QED) is 0.782. The smallest absolute Gasteiger partial charge is 0.186 e. The molecular weight excluding hydrogens is 244 g/mol. The van der Waals surface area contributed by atoms with Crippen molar-refractivity contribution in [2.24, 2.45) is 5.92 Å². The van der Waals surface area contributed by atoms with Gasteiger partial charge in [0.05, 0.1) is 10.6 Å². The highest BCUT2D eigenvalue weighted by Gasteiger charge is 2.21. The lowest BCUT2D eigenvalue weighted by Crippen LogP contribution is -2.32. The number of Topliss-reactive ketones (excluding diaryl/α,β-unsaturated/α-hetero) is 1. The molecule has 18 heavy (non-hydrogen) atoms. The second kappa shape index (κ2) is 5.83. The van der Waals surface area contributed by atoms with Gasteiger partial charge in [0.25, 0.3) is 0 Å². The summed E-state index contributed by atoms with van der Waals surface area (Å²) in [5.41, 5.74) is 1.00. The molecular formula is C14H22N2OS. The van der Waals surface area contributed by atoms with E-state index in [1.54, 1.807) is 18.3 Å². The summed E-state index contributed by atoms with van der Waals surface area (Å²) < 4.78 is 0. The summed E-state index contributed by atoms with van der Waals surface area (Å²) in [4.78, 5) is 19.5. The van der Waals surface area contributed by atoms with Gasteiger partial charge in [0.1, 0.15) is 0 Å². The number of hydrogen-bond donors (Lipinski definition) is 0.